The Hall–Kier alpha value is -2.69. The normalized spacial score (nSPS) is 10.8. The number of aromatic hydroxyl groups is 2. The van der Waals surface area contributed by atoms with E-state index in [1.54, 1.807) is 24.3 Å². The Balaban J connectivity index is 2.29. The highest BCUT2D eigenvalue weighted by Gasteiger charge is 2.00. The van der Waals surface area contributed by atoms with Crippen molar-refractivity contribution in [1.29, 1.82) is 0 Å². The Morgan fingerprint density at radius 3 is 2.58 bits per heavy atom. The monoisotopic (exact) mass is 260 g/mol. The van der Waals surface area contributed by atoms with Gasteiger partial charge in [0.15, 0.2) is 11.5 Å². The Bertz CT molecular complexity index is 670. The van der Waals surface area contributed by atoms with Gasteiger partial charge >= 0.3 is 5.63 Å². The second-order valence-corrected chi connectivity index (χ2v) is 3.80. The Kier molecular flexibility index (Phi) is 3.56. The van der Waals surface area contributed by atoms with Gasteiger partial charge in [0.05, 0.1) is 13.2 Å². The fourth-order valence-electron chi connectivity index (χ4n) is 1.50. The quantitative estimate of drug-likeness (QED) is 0.827. The highest BCUT2D eigenvalue weighted by molar-refractivity contribution is 5.69. The van der Waals surface area contributed by atoms with Gasteiger partial charge in [-0.3, -0.25) is 0 Å². The molecule has 5 heteroatoms. The van der Waals surface area contributed by atoms with E-state index in [0.29, 0.717) is 17.1 Å². The lowest BCUT2D eigenvalue weighted by Crippen LogP contribution is -1.98. The van der Waals surface area contributed by atoms with Crippen molar-refractivity contribution in [1.82, 2.24) is 0 Å². The van der Waals surface area contributed by atoms with Crippen molar-refractivity contribution >= 4 is 12.2 Å². The third-order valence-electron chi connectivity index (χ3n) is 2.44. The molecule has 1 heterocycles. The Labute approximate surface area is 109 Å². The molecular weight excluding hydrogens is 248 g/mol. The van der Waals surface area contributed by atoms with Gasteiger partial charge in [0.1, 0.15) is 11.5 Å². The first-order valence-electron chi connectivity index (χ1n) is 5.48. The van der Waals surface area contributed by atoms with Crippen molar-refractivity contribution in [2.24, 2.45) is 0 Å². The van der Waals surface area contributed by atoms with Crippen LogP contribution in [0.25, 0.3) is 12.2 Å². The minimum absolute atomic E-state index is 0.190. The summed E-state index contributed by atoms with van der Waals surface area (Å²) in [4.78, 5) is 11.2. The maximum Gasteiger partial charge on any atom is 0.339 e. The molecular formula is C14H12O5. The molecule has 1 aromatic carbocycles. The predicted molar refractivity (Wildman–Crippen MR) is 70.2 cm³/mol. The summed E-state index contributed by atoms with van der Waals surface area (Å²) in [6, 6.07) is 7.19. The summed E-state index contributed by atoms with van der Waals surface area (Å²) >= 11 is 0. The van der Waals surface area contributed by atoms with E-state index < -0.39 is 5.63 Å². The van der Waals surface area contributed by atoms with Crippen LogP contribution in [0.15, 0.2) is 39.5 Å². The van der Waals surface area contributed by atoms with Gasteiger partial charge in [-0.2, -0.15) is 0 Å². The second kappa shape index (κ2) is 5.30. The van der Waals surface area contributed by atoms with Gasteiger partial charge in [-0.15, -0.1) is 0 Å². The van der Waals surface area contributed by atoms with Crippen LogP contribution in [-0.2, 0) is 0 Å². The molecule has 0 aliphatic rings. The van der Waals surface area contributed by atoms with Crippen LogP contribution < -0.4 is 10.4 Å². The number of hydrogen-bond acceptors (Lipinski definition) is 5. The van der Waals surface area contributed by atoms with E-state index in [1.165, 1.54) is 25.3 Å². The lowest BCUT2D eigenvalue weighted by atomic mass is 10.2. The molecule has 0 atom stereocenters. The van der Waals surface area contributed by atoms with Crippen LogP contribution >= 0.6 is 0 Å². The van der Waals surface area contributed by atoms with Gasteiger partial charge in [-0.05, 0) is 23.8 Å². The zero-order chi connectivity index (χ0) is 13.8. The minimum Gasteiger partial charge on any atom is -0.504 e. The molecule has 2 rings (SSSR count). The number of phenolic OH excluding ortho intramolecular Hbond substituents is 2. The van der Waals surface area contributed by atoms with Gasteiger partial charge in [-0.1, -0.05) is 12.1 Å². The maximum atomic E-state index is 11.2. The van der Waals surface area contributed by atoms with Gasteiger partial charge in [0, 0.05) is 6.07 Å². The number of phenols is 2. The summed E-state index contributed by atoms with van der Waals surface area (Å²) in [6.45, 7) is 0. The molecule has 2 aromatic rings. The molecule has 0 amide bonds. The van der Waals surface area contributed by atoms with Crippen LogP contribution in [-0.4, -0.2) is 17.3 Å². The summed E-state index contributed by atoms with van der Waals surface area (Å²) in [5, 5.41) is 18.5. The molecule has 0 aliphatic heterocycles. The molecule has 0 fully saturated rings. The molecule has 2 N–H and O–H groups in total. The van der Waals surface area contributed by atoms with Gasteiger partial charge in [0.25, 0.3) is 0 Å². The van der Waals surface area contributed by atoms with Crippen molar-refractivity contribution < 1.29 is 19.4 Å². The average Bonchev–Trinajstić information content (AvgIpc) is 2.39. The van der Waals surface area contributed by atoms with Gasteiger partial charge in [-0.25, -0.2) is 4.79 Å². The summed E-state index contributed by atoms with van der Waals surface area (Å²) in [5.74, 6) is 0.334. The van der Waals surface area contributed by atoms with Crippen molar-refractivity contribution in [3.8, 4) is 17.2 Å². The van der Waals surface area contributed by atoms with Crippen molar-refractivity contribution in [3.05, 3.63) is 52.1 Å². The standard InChI is InChI=1S/C14H12O5/c1-18-11-7-10(19-14(17)8-11)4-2-9-3-5-12(15)13(16)6-9/h2-8,15-16H,1H3/b4-2+. The summed E-state index contributed by atoms with van der Waals surface area (Å²) in [5.41, 5.74) is 0.147. The van der Waals surface area contributed by atoms with Crippen molar-refractivity contribution in [2.75, 3.05) is 7.11 Å². The highest BCUT2D eigenvalue weighted by Crippen LogP contribution is 2.25. The Morgan fingerprint density at radius 1 is 1.11 bits per heavy atom. The average molecular weight is 260 g/mol. The lowest BCUT2D eigenvalue weighted by Gasteiger charge is -2.00. The molecule has 0 radical (unpaired) electrons. The first-order chi connectivity index (χ1) is 9.08. The summed E-state index contributed by atoms with van der Waals surface area (Å²) in [7, 11) is 1.46. The molecule has 0 unspecified atom stereocenters. The first kappa shape index (κ1) is 12.8. The molecule has 98 valence electrons. The van der Waals surface area contributed by atoms with Crippen LogP contribution in [0.1, 0.15) is 11.3 Å². The highest BCUT2D eigenvalue weighted by atomic mass is 16.5. The molecule has 0 bridgehead atoms. The fourth-order valence-corrected chi connectivity index (χ4v) is 1.50. The number of methoxy groups -OCH3 is 1. The molecule has 5 nitrogen and oxygen atoms in total. The zero-order valence-electron chi connectivity index (χ0n) is 10.2. The second-order valence-electron chi connectivity index (χ2n) is 3.80. The largest absolute Gasteiger partial charge is 0.504 e. The van der Waals surface area contributed by atoms with Crippen LogP contribution in [0.4, 0.5) is 0 Å². The van der Waals surface area contributed by atoms with Crippen LogP contribution in [0, 0.1) is 0 Å². The van der Waals surface area contributed by atoms with E-state index in [1.807, 2.05) is 0 Å². The van der Waals surface area contributed by atoms with E-state index >= 15 is 0 Å². The van der Waals surface area contributed by atoms with Crippen molar-refractivity contribution in [3.63, 3.8) is 0 Å². The van der Waals surface area contributed by atoms with Crippen molar-refractivity contribution in [2.45, 2.75) is 0 Å². The molecule has 0 saturated carbocycles. The minimum atomic E-state index is -0.507. The number of hydrogen-bond donors (Lipinski definition) is 2. The smallest absolute Gasteiger partial charge is 0.339 e. The van der Waals surface area contributed by atoms with Gasteiger partial charge in [0.2, 0.25) is 0 Å². The fraction of sp³-hybridized carbons (Fsp3) is 0.0714. The third-order valence-corrected chi connectivity index (χ3v) is 2.44. The Morgan fingerprint density at radius 2 is 1.89 bits per heavy atom. The maximum absolute atomic E-state index is 11.2. The number of rotatable bonds is 3. The van der Waals surface area contributed by atoms with E-state index in [0.717, 1.165) is 0 Å². The zero-order valence-corrected chi connectivity index (χ0v) is 10.2. The van der Waals surface area contributed by atoms with E-state index in [4.69, 9.17) is 9.15 Å². The number of ether oxygens (including phenoxy) is 1. The van der Waals surface area contributed by atoms with Crippen LogP contribution in [0.5, 0.6) is 17.2 Å². The molecule has 19 heavy (non-hydrogen) atoms. The first-order valence-corrected chi connectivity index (χ1v) is 5.48. The lowest BCUT2D eigenvalue weighted by molar-refractivity contribution is 0.400. The summed E-state index contributed by atoms with van der Waals surface area (Å²) in [6.07, 6.45) is 3.20. The van der Waals surface area contributed by atoms with Gasteiger partial charge < -0.3 is 19.4 Å². The molecule has 0 aliphatic carbocycles. The molecule has 1 aromatic heterocycles. The van der Waals surface area contributed by atoms with E-state index in [2.05, 4.69) is 0 Å². The summed E-state index contributed by atoms with van der Waals surface area (Å²) < 4.78 is 9.92. The molecule has 0 spiro atoms. The van der Waals surface area contributed by atoms with E-state index in [-0.39, 0.29) is 11.5 Å². The number of benzene rings is 1. The van der Waals surface area contributed by atoms with E-state index in [9.17, 15) is 15.0 Å². The topological polar surface area (TPSA) is 79.9 Å². The third kappa shape index (κ3) is 3.16. The molecule has 0 saturated heterocycles. The SMILES string of the molecule is COc1cc(/C=C/c2ccc(O)c(O)c2)oc(=O)c1. The predicted octanol–water partition coefficient (Wildman–Crippen LogP) is 2.23. The van der Waals surface area contributed by atoms with Crippen LogP contribution in [0.3, 0.4) is 0 Å². The van der Waals surface area contributed by atoms with Crippen LogP contribution in [0.2, 0.25) is 0 Å².